The summed E-state index contributed by atoms with van der Waals surface area (Å²) in [7, 11) is 0. The predicted octanol–water partition coefficient (Wildman–Crippen LogP) is 5.57. The lowest BCUT2D eigenvalue weighted by atomic mass is 9.80. The van der Waals surface area contributed by atoms with Gasteiger partial charge in [-0.2, -0.15) is 18.3 Å². The number of morpholine rings is 1. The lowest BCUT2D eigenvalue weighted by Gasteiger charge is -2.37. The molecular formula is C24H33F3N4O3. The van der Waals surface area contributed by atoms with Gasteiger partial charge in [-0.25, -0.2) is 14.3 Å². The van der Waals surface area contributed by atoms with Crippen LogP contribution in [0.15, 0.2) is 12.1 Å². The van der Waals surface area contributed by atoms with Gasteiger partial charge in [0.2, 0.25) is 0 Å². The Labute approximate surface area is 197 Å². The number of aromatic nitrogens is 3. The molecule has 0 unspecified atom stereocenters. The van der Waals surface area contributed by atoms with E-state index < -0.39 is 29.9 Å². The summed E-state index contributed by atoms with van der Waals surface area (Å²) in [6, 6.07) is 3.76. The fourth-order valence-electron chi connectivity index (χ4n) is 4.88. The zero-order valence-corrected chi connectivity index (χ0v) is 20.4. The maximum atomic E-state index is 13.1. The topological polar surface area (TPSA) is 69.0 Å². The molecule has 2 aromatic heterocycles. The van der Waals surface area contributed by atoms with Crippen LogP contribution in [0.2, 0.25) is 0 Å². The van der Waals surface area contributed by atoms with Crippen LogP contribution in [0.1, 0.15) is 82.5 Å². The molecule has 1 saturated heterocycles. The smallest absolute Gasteiger partial charge is 0.410 e. The second kappa shape index (κ2) is 9.02. The Morgan fingerprint density at radius 1 is 1.12 bits per heavy atom. The van der Waals surface area contributed by atoms with Gasteiger partial charge in [0.25, 0.3) is 0 Å². The van der Waals surface area contributed by atoms with Gasteiger partial charge in [-0.1, -0.05) is 0 Å². The van der Waals surface area contributed by atoms with E-state index in [0.717, 1.165) is 17.1 Å². The molecule has 1 amide bonds. The summed E-state index contributed by atoms with van der Waals surface area (Å²) in [6.45, 7) is 10.0. The summed E-state index contributed by atoms with van der Waals surface area (Å²) in [4.78, 5) is 18.9. The monoisotopic (exact) mass is 482 g/mol. The number of nitrogens with zero attached hydrogens (tertiary/aromatic N) is 4. The van der Waals surface area contributed by atoms with E-state index in [4.69, 9.17) is 14.6 Å². The molecule has 34 heavy (non-hydrogen) atoms. The summed E-state index contributed by atoms with van der Waals surface area (Å²) in [5.41, 5.74) is 2.33. The third kappa shape index (κ3) is 5.47. The minimum absolute atomic E-state index is 0.0297. The third-order valence-corrected chi connectivity index (χ3v) is 6.45. The number of fused-ring (bicyclic) bond motifs is 1. The van der Waals surface area contributed by atoms with Gasteiger partial charge in [0.1, 0.15) is 11.7 Å². The lowest BCUT2D eigenvalue weighted by Crippen LogP contribution is -2.48. The first-order valence-electron chi connectivity index (χ1n) is 11.9. The number of carbonyl (C=O) groups excluding carboxylic acids is 1. The van der Waals surface area contributed by atoms with Crippen molar-refractivity contribution in [3.63, 3.8) is 0 Å². The maximum absolute atomic E-state index is 13.1. The predicted molar refractivity (Wildman–Crippen MR) is 120 cm³/mol. The molecule has 3 heterocycles. The van der Waals surface area contributed by atoms with Crippen molar-refractivity contribution in [1.29, 1.82) is 0 Å². The molecule has 0 aromatic carbocycles. The summed E-state index contributed by atoms with van der Waals surface area (Å²) in [5.74, 6) is -1.26. The van der Waals surface area contributed by atoms with Crippen molar-refractivity contribution < 1.29 is 27.4 Å². The Balaban J connectivity index is 1.58. The van der Waals surface area contributed by atoms with Gasteiger partial charge < -0.3 is 14.4 Å². The van der Waals surface area contributed by atoms with Gasteiger partial charge in [-0.15, -0.1) is 0 Å². The fraction of sp³-hybridized carbons (Fsp3) is 0.708. The Morgan fingerprint density at radius 3 is 2.41 bits per heavy atom. The number of hydrogen-bond acceptors (Lipinski definition) is 5. The Kier molecular flexibility index (Phi) is 6.56. The van der Waals surface area contributed by atoms with E-state index in [1.54, 1.807) is 9.42 Å². The Bertz CT molecular complexity index is 1040. The molecule has 1 saturated carbocycles. The van der Waals surface area contributed by atoms with E-state index in [1.807, 2.05) is 46.8 Å². The number of rotatable bonds is 2. The van der Waals surface area contributed by atoms with Crippen LogP contribution in [0.25, 0.3) is 5.65 Å². The zero-order valence-electron chi connectivity index (χ0n) is 20.4. The molecule has 1 aliphatic heterocycles. The molecule has 2 aliphatic rings. The van der Waals surface area contributed by atoms with E-state index in [-0.39, 0.29) is 24.9 Å². The minimum Gasteiger partial charge on any atom is -0.444 e. The molecule has 2 fully saturated rings. The van der Waals surface area contributed by atoms with Crippen molar-refractivity contribution in [1.82, 2.24) is 19.5 Å². The molecule has 7 nitrogen and oxygen atoms in total. The summed E-state index contributed by atoms with van der Waals surface area (Å²) in [5, 5.41) is 4.75. The van der Waals surface area contributed by atoms with Crippen LogP contribution in [-0.4, -0.2) is 56.6 Å². The van der Waals surface area contributed by atoms with Gasteiger partial charge in [0, 0.05) is 17.7 Å². The second-order valence-electron chi connectivity index (χ2n) is 10.6. The Hall–Kier alpha value is -2.36. The quantitative estimate of drug-likeness (QED) is 0.560. The van der Waals surface area contributed by atoms with Crippen LogP contribution >= 0.6 is 0 Å². The van der Waals surface area contributed by atoms with Crippen LogP contribution in [0.5, 0.6) is 0 Å². The highest BCUT2D eigenvalue weighted by Crippen LogP contribution is 2.42. The highest BCUT2D eigenvalue weighted by molar-refractivity contribution is 5.68. The van der Waals surface area contributed by atoms with Gasteiger partial charge >= 0.3 is 12.3 Å². The first-order chi connectivity index (χ1) is 15.8. The molecule has 2 atom stereocenters. The van der Waals surface area contributed by atoms with Crippen LogP contribution < -0.4 is 0 Å². The summed E-state index contributed by atoms with van der Waals surface area (Å²) in [6.07, 6.45) is -4.03. The molecule has 0 bridgehead atoms. The van der Waals surface area contributed by atoms with Crippen LogP contribution in [0.3, 0.4) is 0 Å². The van der Waals surface area contributed by atoms with Gasteiger partial charge in [-0.05, 0) is 66.4 Å². The first-order valence-corrected chi connectivity index (χ1v) is 11.9. The average Bonchev–Trinajstić information content (AvgIpc) is 3.15. The van der Waals surface area contributed by atoms with Gasteiger partial charge in [-0.3, -0.25) is 0 Å². The van der Waals surface area contributed by atoms with Crippen LogP contribution in [-0.2, 0) is 9.47 Å². The normalized spacial score (nSPS) is 26.6. The number of amides is 1. The zero-order chi connectivity index (χ0) is 24.8. The fourth-order valence-corrected chi connectivity index (χ4v) is 4.88. The standard InChI is InChI=1S/C24H33F3N4O3/c1-14-10-19(20-13-30(12-15(2)33-20)22(32)34-23(3,4)5)31-21(28-14)11-18(29-31)16-6-8-17(9-7-16)24(25,26)27/h10-11,15-17,20H,6-9,12-13H2,1-5H3/t15-,16-,17-,20-/m1/s1. The largest absolute Gasteiger partial charge is 0.444 e. The van der Waals surface area contributed by atoms with E-state index in [2.05, 4.69) is 4.98 Å². The molecule has 2 aromatic rings. The summed E-state index contributed by atoms with van der Waals surface area (Å²) >= 11 is 0. The molecule has 0 spiro atoms. The highest BCUT2D eigenvalue weighted by atomic mass is 19.4. The van der Waals surface area contributed by atoms with Crippen molar-refractivity contribution in [2.45, 2.75) is 90.2 Å². The number of halogens is 3. The Morgan fingerprint density at radius 2 is 1.79 bits per heavy atom. The third-order valence-electron chi connectivity index (χ3n) is 6.45. The van der Waals surface area contributed by atoms with Gasteiger partial charge in [0.05, 0.1) is 36.5 Å². The average molecular weight is 483 g/mol. The van der Waals surface area contributed by atoms with E-state index in [0.29, 0.717) is 31.6 Å². The molecule has 188 valence electrons. The van der Waals surface area contributed by atoms with E-state index in [1.165, 1.54) is 0 Å². The van der Waals surface area contributed by atoms with Crippen molar-refractivity contribution in [2.75, 3.05) is 13.1 Å². The SMILES string of the molecule is Cc1cc([C@H]2CN(C(=O)OC(C)(C)C)C[C@@H](C)O2)n2nc([C@H]3CC[C@H](C(F)(F)F)CC3)cc2n1. The second-order valence-corrected chi connectivity index (χ2v) is 10.6. The number of alkyl halides is 3. The minimum atomic E-state index is -4.13. The number of carbonyl (C=O) groups is 1. The number of ether oxygens (including phenoxy) is 2. The van der Waals surface area contributed by atoms with E-state index >= 15 is 0 Å². The molecular weight excluding hydrogens is 449 g/mol. The van der Waals surface area contributed by atoms with Gasteiger partial charge in [0.15, 0.2) is 5.65 Å². The first kappa shape index (κ1) is 24.8. The lowest BCUT2D eigenvalue weighted by molar-refractivity contribution is -0.182. The van der Waals surface area contributed by atoms with Crippen LogP contribution in [0, 0.1) is 12.8 Å². The molecule has 0 N–H and O–H groups in total. The number of aryl methyl sites for hydroxylation is 1. The molecule has 0 radical (unpaired) electrons. The van der Waals surface area contributed by atoms with Crippen molar-refractivity contribution >= 4 is 11.7 Å². The summed E-state index contributed by atoms with van der Waals surface area (Å²) < 4.78 is 52.7. The van der Waals surface area contributed by atoms with E-state index in [9.17, 15) is 18.0 Å². The highest BCUT2D eigenvalue weighted by Gasteiger charge is 2.42. The molecule has 10 heteroatoms. The van der Waals surface area contributed by atoms with Crippen molar-refractivity contribution in [3.8, 4) is 0 Å². The maximum Gasteiger partial charge on any atom is 0.410 e. The van der Waals surface area contributed by atoms with Crippen molar-refractivity contribution in [3.05, 3.63) is 29.2 Å². The van der Waals surface area contributed by atoms with Crippen LogP contribution in [0.4, 0.5) is 18.0 Å². The number of hydrogen-bond donors (Lipinski definition) is 0. The molecule has 1 aliphatic carbocycles. The van der Waals surface area contributed by atoms with Crippen molar-refractivity contribution in [2.24, 2.45) is 5.92 Å². The molecule has 4 rings (SSSR count).